The summed E-state index contributed by atoms with van der Waals surface area (Å²) >= 11 is 0. The molecule has 3 nitrogen and oxygen atoms in total. The molecule has 0 atom stereocenters. The van der Waals surface area contributed by atoms with E-state index >= 15 is 0 Å². The summed E-state index contributed by atoms with van der Waals surface area (Å²) < 4.78 is 25.2. The maximum Gasteiger partial charge on any atom is 0.339 e. The number of fused-ring (bicyclic) bond motifs is 3. The second-order valence-electron chi connectivity index (χ2n) is 6.22. The molecular formula is C20H17FO3. The smallest absolute Gasteiger partial charge is 0.339 e. The van der Waals surface area contributed by atoms with Crippen molar-refractivity contribution in [3.63, 3.8) is 0 Å². The number of halogens is 1. The lowest BCUT2D eigenvalue weighted by Crippen LogP contribution is -2.08. The molecule has 0 bridgehead atoms. The molecule has 0 N–H and O–H groups in total. The Kier molecular flexibility index (Phi) is 3.60. The highest BCUT2D eigenvalue weighted by atomic mass is 19.1. The van der Waals surface area contributed by atoms with Crippen LogP contribution in [-0.2, 0) is 19.4 Å². The van der Waals surface area contributed by atoms with Crippen LogP contribution in [0.5, 0.6) is 5.75 Å². The molecule has 0 spiro atoms. The van der Waals surface area contributed by atoms with Crippen molar-refractivity contribution in [2.45, 2.75) is 32.8 Å². The summed E-state index contributed by atoms with van der Waals surface area (Å²) in [7, 11) is 0. The summed E-state index contributed by atoms with van der Waals surface area (Å²) in [5.74, 6) is 0.362. The highest BCUT2D eigenvalue weighted by Crippen LogP contribution is 2.35. The van der Waals surface area contributed by atoms with Crippen molar-refractivity contribution < 1.29 is 13.5 Å². The fourth-order valence-electron chi connectivity index (χ4n) is 3.39. The van der Waals surface area contributed by atoms with E-state index in [1.807, 2.05) is 19.1 Å². The minimum absolute atomic E-state index is 0.138. The van der Waals surface area contributed by atoms with Crippen LogP contribution < -0.4 is 10.4 Å². The molecule has 122 valence electrons. The lowest BCUT2D eigenvalue weighted by atomic mass is 10.0. The fourth-order valence-corrected chi connectivity index (χ4v) is 3.39. The van der Waals surface area contributed by atoms with E-state index in [2.05, 4.69) is 0 Å². The normalized spacial score (nSPS) is 13.2. The molecule has 0 amide bonds. The second kappa shape index (κ2) is 5.78. The van der Waals surface area contributed by atoms with E-state index in [4.69, 9.17) is 9.15 Å². The van der Waals surface area contributed by atoms with Gasteiger partial charge >= 0.3 is 5.63 Å². The van der Waals surface area contributed by atoms with Gasteiger partial charge in [-0.2, -0.15) is 0 Å². The van der Waals surface area contributed by atoms with Crippen molar-refractivity contribution >= 4 is 11.0 Å². The highest BCUT2D eigenvalue weighted by Gasteiger charge is 2.22. The molecule has 0 saturated heterocycles. The molecule has 1 aliphatic carbocycles. The maximum absolute atomic E-state index is 13.8. The maximum atomic E-state index is 13.8. The Morgan fingerprint density at radius 3 is 2.79 bits per heavy atom. The van der Waals surface area contributed by atoms with E-state index < -0.39 is 0 Å². The number of hydrogen-bond acceptors (Lipinski definition) is 3. The van der Waals surface area contributed by atoms with Gasteiger partial charge in [-0.25, -0.2) is 9.18 Å². The average molecular weight is 324 g/mol. The predicted molar refractivity (Wildman–Crippen MR) is 90.0 cm³/mol. The van der Waals surface area contributed by atoms with Crippen LogP contribution in [0.3, 0.4) is 0 Å². The molecule has 3 aromatic rings. The summed E-state index contributed by atoms with van der Waals surface area (Å²) in [6.45, 7) is 2.06. The second-order valence-corrected chi connectivity index (χ2v) is 6.22. The molecule has 24 heavy (non-hydrogen) atoms. The largest absolute Gasteiger partial charge is 0.488 e. The van der Waals surface area contributed by atoms with E-state index in [-0.39, 0.29) is 18.0 Å². The van der Waals surface area contributed by atoms with Gasteiger partial charge in [-0.1, -0.05) is 18.2 Å². The fraction of sp³-hybridized carbons (Fsp3) is 0.250. The van der Waals surface area contributed by atoms with E-state index in [1.54, 1.807) is 18.2 Å². The number of rotatable bonds is 3. The van der Waals surface area contributed by atoms with Crippen LogP contribution in [0.15, 0.2) is 45.6 Å². The van der Waals surface area contributed by atoms with Crippen LogP contribution in [-0.4, -0.2) is 0 Å². The van der Waals surface area contributed by atoms with Crippen LogP contribution in [0, 0.1) is 12.7 Å². The van der Waals surface area contributed by atoms with Gasteiger partial charge < -0.3 is 9.15 Å². The molecular weight excluding hydrogens is 307 g/mol. The number of ether oxygens (including phenoxy) is 1. The zero-order valence-electron chi connectivity index (χ0n) is 13.4. The predicted octanol–water partition coefficient (Wildman–Crippen LogP) is 4.31. The van der Waals surface area contributed by atoms with E-state index in [0.717, 1.165) is 41.3 Å². The van der Waals surface area contributed by atoms with Gasteiger partial charge in [0.15, 0.2) is 0 Å². The summed E-state index contributed by atoms with van der Waals surface area (Å²) in [4.78, 5) is 12.1. The van der Waals surface area contributed by atoms with Crippen molar-refractivity contribution in [2.24, 2.45) is 0 Å². The van der Waals surface area contributed by atoms with Crippen molar-refractivity contribution in [1.29, 1.82) is 0 Å². The van der Waals surface area contributed by atoms with Crippen molar-refractivity contribution in [1.82, 2.24) is 0 Å². The van der Waals surface area contributed by atoms with Gasteiger partial charge in [0, 0.05) is 11.1 Å². The average Bonchev–Trinajstić information content (AvgIpc) is 3.03. The number of aryl methyl sites for hydroxylation is 2. The van der Waals surface area contributed by atoms with Gasteiger partial charge in [0.2, 0.25) is 0 Å². The van der Waals surface area contributed by atoms with Crippen LogP contribution >= 0.6 is 0 Å². The van der Waals surface area contributed by atoms with Crippen molar-refractivity contribution in [3.8, 4) is 5.75 Å². The summed E-state index contributed by atoms with van der Waals surface area (Å²) in [5, 5.41) is 0.851. The topological polar surface area (TPSA) is 39.4 Å². The van der Waals surface area contributed by atoms with E-state index in [9.17, 15) is 9.18 Å². The zero-order chi connectivity index (χ0) is 16.7. The first-order valence-electron chi connectivity index (χ1n) is 8.09. The molecule has 4 heteroatoms. The van der Waals surface area contributed by atoms with Gasteiger partial charge in [-0.3, -0.25) is 0 Å². The Labute approximate surface area is 138 Å². The Morgan fingerprint density at radius 2 is 1.96 bits per heavy atom. The van der Waals surface area contributed by atoms with Gasteiger partial charge in [0.25, 0.3) is 0 Å². The zero-order valence-corrected chi connectivity index (χ0v) is 13.4. The minimum atomic E-state index is -0.286. The molecule has 1 heterocycles. The number of benzene rings is 2. The first kappa shape index (κ1) is 14.9. The number of hydrogen-bond donors (Lipinski definition) is 0. The Morgan fingerprint density at radius 1 is 1.17 bits per heavy atom. The van der Waals surface area contributed by atoms with E-state index in [0.29, 0.717) is 16.9 Å². The van der Waals surface area contributed by atoms with E-state index in [1.165, 1.54) is 6.07 Å². The molecule has 1 aromatic heterocycles. The van der Waals surface area contributed by atoms with Crippen molar-refractivity contribution in [2.75, 3.05) is 0 Å². The molecule has 1 aliphatic rings. The first-order valence-corrected chi connectivity index (χ1v) is 8.09. The van der Waals surface area contributed by atoms with Crippen molar-refractivity contribution in [3.05, 3.63) is 74.9 Å². The molecule has 0 saturated carbocycles. The third-order valence-electron chi connectivity index (χ3n) is 4.52. The molecule has 4 rings (SSSR count). The summed E-state index contributed by atoms with van der Waals surface area (Å²) in [6, 6.07) is 10.3. The molecule has 0 radical (unpaired) electrons. The Balaban J connectivity index is 1.82. The highest BCUT2D eigenvalue weighted by molar-refractivity contribution is 5.88. The van der Waals surface area contributed by atoms with Crippen LogP contribution in [0.1, 0.15) is 28.7 Å². The molecule has 0 unspecified atom stereocenters. The minimum Gasteiger partial charge on any atom is -0.488 e. The van der Waals surface area contributed by atoms with Gasteiger partial charge in [-0.15, -0.1) is 0 Å². The van der Waals surface area contributed by atoms with Gasteiger partial charge in [-0.05, 0) is 55.5 Å². The molecule has 2 aromatic carbocycles. The van der Waals surface area contributed by atoms with Crippen LogP contribution in [0.2, 0.25) is 0 Å². The molecule has 0 aliphatic heterocycles. The molecule has 0 fully saturated rings. The van der Waals surface area contributed by atoms with Gasteiger partial charge in [0.1, 0.15) is 23.8 Å². The lowest BCUT2D eigenvalue weighted by Gasteiger charge is -2.13. The third kappa shape index (κ3) is 2.48. The summed E-state index contributed by atoms with van der Waals surface area (Å²) in [6.07, 6.45) is 2.53. The third-order valence-corrected chi connectivity index (χ3v) is 4.52. The first-order chi connectivity index (χ1) is 11.6. The quantitative estimate of drug-likeness (QED) is 0.674. The van der Waals surface area contributed by atoms with Gasteiger partial charge in [0.05, 0.1) is 5.39 Å². The Bertz CT molecular complexity index is 988. The Hall–Kier alpha value is -2.62. The van der Waals surface area contributed by atoms with Crippen LogP contribution in [0.25, 0.3) is 11.0 Å². The lowest BCUT2D eigenvalue weighted by molar-refractivity contribution is 0.303. The monoisotopic (exact) mass is 324 g/mol. The summed E-state index contributed by atoms with van der Waals surface area (Å²) in [5.41, 5.74) is 3.50. The SMILES string of the molecule is Cc1cc(OCc2ccccc2F)c2c3c(c(=O)oc2c1)CCC3. The van der Waals surface area contributed by atoms with Crippen LogP contribution in [0.4, 0.5) is 4.39 Å². The standard InChI is InChI=1S/C20H17FO3/c1-12-9-17(23-11-13-5-2-3-8-16(13)21)19-14-6-4-7-15(14)20(22)24-18(19)10-12/h2-3,5,8-10H,4,6-7,11H2,1H3.